The van der Waals surface area contributed by atoms with Crippen molar-refractivity contribution in [3.8, 4) is 0 Å². The lowest BCUT2D eigenvalue weighted by molar-refractivity contribution is 0.105. The van der Waals surface area contributed by atoms with Crippen LogP contribution in [0.5, 0.6) is 0 Å². The average molecular weight is 267 g/mol. The maximum absolute atomic E-state index is 8.94. The summed E-state index contributed by atoms with van der Waals surface area (Å²) in [5.41, 5.74) is 0. The van der Waals surface area contributed by atoms with Crippen molar-refractivity contribution < 1.29 is 5.11 Å². The first-order valence-electron chi connectivity index (χ1n) is 7.11. The van der Waals surface area contributed by atoms with E-state index in [9.17, 15) is 0 Å². The molecule has 6 heteroatoms. The maximum atomic E-state index is 8.94. The minimum atomic E-state index is 0.253. The molecule has 0 unspecified atom stereocenters. The summed E-state index contributed by atoms with van der Waals surface area (Å²) in [5.74, 6) is 1.64. The molecule has 0 aromatic carbocycles. The van der Waals surface area contributed by atoms with Gasteiger partial charge in [-0.25, -0.2) is 9.67 Å². The summed E-state index contributed by atoms with van der Waals surface area (Å²) in [7, 11) is 0. The molecule has 1 fully saturated rings. The molecule has 19 heavy (non-hydrogen) atoms. The third kappa shape index (κ3) is 4.26. The summed E-state index contributed by atoms with van der Waals surface area (Å²) in [6.45, 7) is 11.4. The maximum Gasteiger partial charge on any atom is 0.141 e. The Kier molecular flexibility index (Phi) is 5.30. The van der Waals surface area contributed by atoms with Crippen molar-refractivity contribution in [2.24, 2.45) is 5.92 Å². The number of aromatic nitrogens is 3. The quantitative estimate of drug-likeness (QED) is 0.789. The minimum Gasteiger partial charge on any atom is -0.395 e. The van der Waals surface area contributed by atoms with Crippen LogP contribution in [0.2, 0.25) is 0 Å². The van der Waals surface area contributed by atoms with E-state index in [0.717, 1.165) is 51.6 Å². The number of hydrogen-bond donors (Lipinski definition) is 1. The molecule has 1 saturated heterocycles. The Bertz CT molecular complexity index is 371. The van der Waals surface area contributed by atoms with Gasteiger partial charge in [0.2, 0.25) is 0 Å². The SMILES string of the molecule is CC(C)Cn1ncnc1CN1CCN(CCO)CC1. The molecule has 0 saturated carbocycles. The molecular formula is C13H25N5O. The first-order valence-corrected chi connectivity index (χ1v) is 7.11. The third-order valence-corrected chi connectivity index (χ3v) is 3.48. The van der Waals surface area contributed by atoms with Gasteiger partial charge in [0.1, 0.15) is 12.2 Å². The smallest absolute Gasteiger partial charge is 0.141 e. The van der Waals surface area contributed by atoms with Gasteiger partial charge in [0.25, 0.3) is 0 Å². The highest BCUT2D eigenvalue weighted by atomic mass is 16.3. The monoisotopic (exact) mass is 267 g/mol. The molecule has 0 aliphatic carbocycles. The fourth-order valence-electron chi connectivity index (χ4n) is 2.42. The molecule has 0 atom stereocenters. The zero-order valence-electron chi connectivity index (χ0n) is 12.0. The summed E-state index contributed by atoms with van der Waals surface area (Å²) in [5, 5.41) is 13.2. The predicted octanol–water partition coefficient (Wildman–Crippen LogP) is 0.0440. The van der Waals surface area contributed by atoms with Crippen LogP contribution in [0.15, 0.2) is 6.33 Å². The van der Waals surface area contributed by atoms with Crippen molar-refractivity contribution in [1.29, 1.82) is 0 Å². The van der Waals surface area contributed by atoms with E-state index in [1.807, 2.05) is 4.68 Å². The van der Waals surface area contributed by atoms with Gasteiger partial charge in [0, 0.05) is 39.3 Å². The van der Waals surface area contributed by atoms with Gasteiger partial charge < -0.3 is 5.11 Å². The molecule has 108 valence electrons. The van der Waals surface area contributed by atoms with Crippen LogP contribution in [0.1, 0.15) is 19.7 Å². The van der Waals surface area contributed by atoms with Crippen LogP contribution in [0, 0.1) is 5.92 Å². The van der Waals surface area contributed by atoms with E-state index in [-0.39, 0.29) is 6.61 Å². The summed E-state index contributed by atoms with van der Waals surface area (Å²) in [6.07, 6.45) is 1.65. The van der Waals surface area contributed by atoms with E-state index in [1.54, 1.807) is 6.33 Å². The molecule has 1 aliphatic heterocycles. The number of piperazine rings is 1. The van der Waals surface area contributed by atoms with Crippen LogP contribution in [0.4, 0.5) is 0 Å². The van der Waals surface area contributed by atoms with Crippen molar-refractivity contribution >= 4 is 0 Å². The van der Waals surface area contributed by atoms with Crippen LogP contribution in [-0.2, 0) is 13.1 Å². The van der Waals surface area contributed by atoms with E-state index in [4.69, 9.17) is 5.11 Å². The second kappa shape index (κ2) is 6.98. The molecule has 0 amide bonds. The predicted molar refractivity (Wildman–Crippen MR) is 73.7 cm³/mol. The molecule has 1 N–H and O–H groups in total. The summed E-state index contributed by atoms with van der Waals surface area (Å²) >= 11 is 0. The Morgan fingerprint density at radius 1 is 1.21 bits per heavy atom. The van der Waals surface area contributed by atoms with Crippen LogP contribution in [0.3, 0.4) is 0 Å². The van der Waals surface area contributed by atoms with E-state index in [0.29, 0.717) is 5.92 Å². The van der Waals surface area contributed by atoms with Gasteiger partial charge >= 0.3 is 0 Å². The number of aliphatic hydroxyl groups excluding tert-OH is 1. The van der Waals surface area contributed by atoms with Gasteiger partial charge in [-0.1, -0.05) is 13.8 Å². The van der Waals surface area contributed by atoms with Crippen molar-refractivity contribution in [2.45, 2.75) is 26.9 Å². The Morgan fingerprint density at radius 2 is 1.89 bits per heavy atom. The lowest BCUT2D eigenvalue weighted by atomic mass is 10.2. The Morgan fingerprint density at radius 3 is 2.53 bits per heavy atom. The first kappa shape index (κ1) is 14.4. The highest BCUT2D eigenvalue weighted by Crippen LogP contribution is 2.08. The molecule has 0 radical (unpaired) electrons. The van der Waals surface area contributed by atoms with Crippen LogP contribution in [-0.4, -0.2) is 69.0 Å². The lowest BCUT2D eigenvalue weighted by Crippen LogP contribution is -2.47. The van der Waals surface area contributed by atoms with Crippen LogP contribution < -0.4 is 0 Å². The summed E-state index contributed by atoms with van der Waals surface area (Å²) in [6, 6.07) is 0. The Balaban J connectivity index is 1.84. The van der Waals surface area contributed by atoms with Crippen molar-refractivity contribution in [2.75, 3.05) is 39.3 Å². The van der Waals surface area contributed by atoms with Gasteiger partial charge in [-0.05, 0) is 5.92 Å². The molecule has 0 spiro atoms. The van der Waals surface area contributed by atoms with Gasteiger partial charge in [0.05, 0.1) is 13.2 Å². The molecular weight excluding hydrogens is 242 g/mol. The minimum absolute atomic E-state index is 0.253. The van der Waals surface area contributed by atoms with E-state index < -0.39 is 0 Å². The molecule has 2 rings (SSSR count). The fourth-order valence-corrected chi connectivity index (χ4v) is 2.42. The number of aliphatic hydroxyl groups is 1. The van der Waals surface area contributed by atoms with Crippen LogP contribution >= 0.6 is 0 Å². The topological polar surface area (TPSA) is 57.4 Å². The Hall–Kier alpha value is -0.980. The van der Waals surface area contributed by atoms with Crippen LogP contribution in [0.25, 0.3) is 0 Å². The number of rotatable bonds is 6. The standard InChI is InChI=1S/C13H25N5O/c1-12(2)9-18-13(14-11-15-18)10-17-5-3-16(4-6-17)7-8-19/h11-12,19H,3-10H2,1-2H3. The summed E-state index contributed by atoms with van der Waals surface area (Å²) in [4.78, 5) is 9.09. The lowest BCUT2D eigenvalue weighted by Gasteiger charge is -2.34. The van der Waals surface area contributed by atoms with E-state index in [2.05, 4.69) is 33.7 Å². The van der Waals surface area contributed by atoms with Gasteiger partial charge in [0.15, 0.2) is 0 Å². The average Bonchev–Trinajstić information content (AvgIpc) is 2.79. The zero-order chi connectivity index (χ0) is 13.7. The molecule has 2 heterocycles. The van der Waals surface area contributed by atoms with E-state index >= 15 is 0 Å². The number of nitrogens with zero attached hydrogens (tertiary/aromatic N) is 5. The van der Waals surface area contributed by atoms with Gasteiger partial charge in [-0.2, -0.15) is 5.10 Å². The molecule has 1 aromatic heterocycles. The van der Waals surface area contributed by atoms with Crippen molar-refractivity contribution in [1.82, 2.24) is 24.6 Å². The second-order valence-electron chi connectivity index (χ2n) is 5.59. The molecule has 6 nitrogen and oxygen atoms in total. The number of β-amino-alcohol motifs (C(OH)–C–C–N with tert-alkyl or cyclic N) is 1. The summed E-state index contributed by atoms with van der Waals surface area (Å²) < 4.78 is 2.02. The first-order chi connectivity index (χ1) is 9.19. The van der Waals surface area contributed by atoms with Crippen molar-refractivity contribution in [3.05, 3.63) is 12.2 Å². The van der Waals surface area contributed by atoms with Gasteiger partial charge in [-0.15, -0.1) is 0 Å². The second-order valence-corrected chi connectivity index (χ2v) is 5.59. The van der Waals surface area contributed by atoms with Crippen molar-refractivity contribution in [3.63, 3.8) is 0 Å². The molecule has 1 aromatic rings. The number of hydrogen-bond acceptors (Lipinski definition) is 5. The molecule has 1 aliphatic rings. The zero-order valence-corrected chi connectivity index (χ0v) is 12.0. The van der Waals surface area contributed by atoms with Gasteiger partial charge in [-0.3, -0.25) is 9.80 Å². The largest absolute Gasteiger partial charge is 0.395 e. The fraction of sp³-hybridized carbons (Fsp3) is 0.846. The normalized spacial score (nSPS) is 18.3. The highest BCUT2D eigenvalue weighted by molar-refractivity contribution is 4.86. The Labute approximate surface area is 115 Å². The third-order valence-electron chi connectivity index (χ3n) is 3.48. The van der Waals surface area contributed by atoms with E-state index in [1.165, 1.54) is 0 Å². The molecule has 0 bridgehead atoms. The highest BCUT2D eigenvalue weighted by Gasteiger charge is 2.18.